The number of fused-ring (bicyclic) bond motifs is 1. The predicted octanol–water partition coefficient (Wildman–Crippen LogP) is 7.45. The van der Waals surface area contributed by atoms with Gasteiger partial charge in [-0.25, -0.2) is 0 Å². The summed E-state index contributed by atoms with van der Waals surface area (Å²) in [6, 6.07) is 19.3. The third kappa shape index (κ3) is 5.49. The molecule has 2 aromatic carbocycles. The highest BCUT2D eigenvalue weighted by molar-refractivity contribution is 7.15. The van der Waals surface area contributed by atoms with Crippen LogP contribution in [0.1, 0.15) is 61.7 Å². The summed E-state index contributed by atoms with van der Waals surface area (Å²) < 4.78 is 2.09. The van der Waals surface area contributed by atoms with E-state index in [9.17, 15) is 14.9 Å². The van der Waals surface area contributed by atoms with E-state index < -0.39 is 5.91 Å². The highest BCUT2D eigenvalue weighted by Crippen LogP contribution is 2.39. The fourth-order valence-electron chi connectivity index (χ4n) is 5.25. The van der Waals surface area contributed by atoms with E-state index in [1.807, 2.05) is 76.2 Å². The molecule has 0 radical (unpaired) electrons. The van der Waals surface area contributed by atoms with E-state index in [4.69, 9.17) is 0 Å². The molecule has 1 aliphatic carbocycles. The van der Waals surface area contributed by atoms with Gasteiger partial charge in [-0.15, -0.1) is 11.3 Å². The lowest BCUT2D eigenvalue weighted by Crippen LogP contribution is -2.17. The summed E-state index contributed by atoms with van der Waals surface area (Å²) in [5, 5.41) is 16.6. The zero-order valence-corrected chi connectivity index (χ0v) is 24.0. The molecule has 5 rings (SSSR count). The van der Waals surface area contributed by atoms with E-state index in [0.29, 0.717) is 5.69 Å². The Morgan fingerprint density at radius 1 is 0.925 bits per heavy atom. The first kappa shape index (κ1) is 27.2. The standard InChI is InChI=1S/C33H32N4O2S/c1-20-12-14-26(15-13-20)35-32(39)30-28-10-5-6-11-29(28)40-33(30)37-22(3)17-24(23(37)4)18-25(19-34)31(38)36-27-9-7-8-21(2)16-27/h7-9,12-18H,5-6,10-11H2,1-4H3,(H,35,39)(H,36,38)/b25-18-. The van der Waals surface area contributed by atoms with Crippen molar-refractivity contribution in [1.82, 2.24) is 4.57 Å². The Morgan fingerprint density at radius 2 is 1.68 bits per heavy atom. The van der Waals surface area contributed by atoms with E-state index in [0.717, 1.165) is 75.6 Å². The summed E-state index contributed by atoms with van der Waals surface area (Å²) in [5.74, 6) is -0.569. The molecular formula is C33H32N4O2S. The Balaban J connectivity index is 1.52. The average Bonchev–Trinajstić information content (AvgIpc) is 3.44. The quantitative estimate of drug-likeness (QED) is 0.194. The number of nitrogens with one attached hydrogen (secondary N) is 2. The fraction of sp³-hybridized carbons (Fsp3) is 0.242. The zero-order chi connectivity index (χ0) is 28.4. The number of thiophene rings is 1. The van der Waals surface area contributed by atoms with Crippen molar-refractivity contribution < 1.29 is 9.59 Å². The molecule has 6 nitrogen and oxygen atoms in total. The molecule has 0 atom stereocenters. The summed E-state index contributed by atoms with van der Waals surface area (Å²) in [6.07, 6.45) is 5.66. The van der Waals surface area contributed by atoms with Crippen LogP contribution in [-0.2, 0) is 17.6 Å². The van der Waals surface area contributed by atoms with Crippen LogP contribution in [-0.4, -0.2) is 16.4 Å². The second kappa shape index (κ2) is 11.4. The lowest BCUT2D eigenvalue weighted by Gasteiger charge is -2.14. The topological polar surface area (TPSA) is 86.9 Å². The number of benzene rings is 2. The number of rotatable bonds is 6. The van der Waals surface area contributed by atoms with Gasteiger partial charge in [0, 0.05) is 27.6 Å². The normalized spacial score (nSPS) is 12.9. The molecule has 40 heavy (non-hydrogen) atoms. The molecule has 0 unspecified atom stereocenters. The van der Waals surface area contributed by atoms with Gasteiger partial charge >= 0.3 is 0 Å². The van der Waals surface area contributed by atoms with Gasteiger partial charge in [-0.05, 0) is 106 Å². The van der Waals surface area contributed by atoms with Crippen molar-refractivity contribution in [1.29, 1.82) is 5.26 Å². The number of nitriles is 1. The molecule has 2 amide bonds. The monoisotopic (exact) mass is 548 g/mol. The molecule has 0 bridgehead atoms. The van der Waals surface area contributed by atoms with Crippen molar-refractivity contribution in [2.24, 2.45) is 0 Å². The molecule has 202 valence electrons. The first-order chi connectivity index (χ1) is 19.2. The minimum absolute atomic E-state index is 0.0181. The van der Waals surface area contributed by atoms with Gasteiger partial charge in [0.05, 0.1) is 5.56 Å². The maximum Gasteiger partial charge on any atom is 0.266 e. The van der Waals surface area contributed by atoms with Crippen LogP contribution in [0, 0.1) is 39.0 Å². The summed E-state index contributed by atoms with van der Waals surface area (Å²) in [4.78, 5) is 27.9. The van der Waals surface area contributed by atoms with Gasteiger partial charge in [0.1, 0.15) is 16.6 Å². The van der Waals surface area contributed by atoms with Crippen molar-refractivity contribution in [3.05, 3.63) is 104 Å². The Hall–Kier alpha value is -4.41. The maximum atomic E-state index is 13.7. The first-order valence-electron chi connectivity index (χ1n) is 13.5. The van der Waals surface area contributed by atoms with Crippen LogP contribution in [0.15, 0.2) is 60.2 Å². The fourth-order valence-corrected chi connectivity index (χ4v) is 6.74. The molecular weight excluding hydrogens is 516 g/mol. The van der Waals surface area contributed by atoms with Crippen molar-refractivity contribution in [2.75, 3.05) is 10.6 Å². The molecule has 0 aliphatic heterocycles. The Kier molecular flexibility index (Phi) is 7.72. The molecule has 2 heterocycles. The second-order valence-corrected chi connectivity index (χ2v) is 11.5. The van der Waals surface area contributed by atoms with Gasteiger partial charge in [0.2, 0.25) is 0 Å². The minimum atomic E-state index is -0.456. The van der Waals surface area contributed by atoms with Crippen molar-refractivity contribution in [3.63, 3.8) is 0 Å². The molecule has 0 saturated heterocycles. The highest BCUT2D eigenvalue weighted by atomic mass is 32.1. The van der Waals surface area contributed by atoms with E-state index in [1.165, 1.54) is 4.88 Å². The van der Waals surface area contributed by atoms with Gasteiger partial charge in [0.25, 0.3) is 11.8 Å². The van der Waals surface area contributed by atoms with E-state index in [-0.39, 0.29) is 11.5 Å². The van der Waals surface area contributed by atoms with E-state index in [1.54, 1.807) is 23.5 Å². The van der Waals surface area contributed by atoms with Crippen molar-refractivity contribution in [3.8, 4) is 11.1 Å². The molecule has 0 saturated carbocycles. The molecule has 0 fully saturated rings. The summed E-state index contributed by atoms with van der Waals surface area (Å²) in [7, 11) is 0. The SMILES string of the molecule is Cc1ccc(NC(=O)c2c(-n3c(C)cc(/C=C(/C#N)C(=O)Nc4cccc(C)c4)c3C)sc3c2CCCC3)cc1. The highest BCUT2D eigenvalue weighted by Gasteiger charge is 2.28. The van der Waals surface area contributed by atoms with Gasteiger partial charge in [-0.2, -0.15) is 5.26 Å². The van der Waals surface area contributed by atoms with Crippen LogP contribution in [0.4, 0.5) is 11.4 Å². The number of anilines is 2. The predicted molar refractivity (Wildman–Crippen MR) is 162 cm³/mol. The Morgan fingerprint density at radius 3 is 2.40 bits per heavy atom. The summed E-state index contributed by atoms with van der Waals surface area (Å²) in [5.41, 5.74) is 8.00. The van der Waals surface area contributed by atoms with Crippen LogP contribution in [0.2, 0.25) is 0 Å². The third-order valence-electron chi connectivity index (χ3n) is 7.30. The number of carbonyl (C=O) groups excluding carboxylic acids is 2. The van der Waals surface area contributed by atoms with E-state index in [2.05, 4.69) is 21.3 Å². The maximum absolute atomic E-state index is 13.7. The summed E-state index contributed by atoms with van der Waals surface area (Å²) in [6.45, 7) is 7.92. The summed E-state index contributed by atoms with van der Waals surface area (Å²) >= 11 is 1.67. The molecule has 2 aromatic heterocycles. The number of aryl methyl sites for hydroxylation is 4. The average molecular weight is 549 g/mol. The Bertz CT molecular complexity index is 1680. The van der Waals surface area contributed by atoms with Crippen LogP contribution < -0.4 is 10.6 Å². The lowest BCUT2D eigenvalue weighted by atomic mass is 9.95. The minimum Gasteiger partial charge on any atom is -0.322 e. The first-order valence-corrected chi connectivity index (χ1v) is 14.3. The number of aromatic nitrogens is 1. The van der Waals surface area contributed by atoms with Gasteiger partial charge < -0.3 is 15.2 Å². The largest absolute Gasteiger partial charge is 0.322 e. The number of nitrogens with zero attached hydrogens (tertiary/aromatic N) is 2. The number of carbonyl (C=O) groups is 2. The smallest absolute Gasteiger partial charge is 0.266 e. The molecule has 7 heteroatoms. The van der Waals surface area contributed by atoms with Crippen LogP contribution in [0.5, 0.6) is 0 Å². The second-order valence-electron chi connectivity index (χ2n) is 10.4. The lowest BCUT2D eigenvalue weighted by molar-refractivity contribution is -0.112. The van der Waals surface area contributed by atoms with Crippen LogP contribution >= 0.6 is 11.3 Å². The van der Waals surface area contributed by atoms with Crippen LogP contribution in [0.3, 0.4) is 0 Å². The number of amides is 2. The van der Waals surface area contributed by atoms with Crippen molar-refractivity contribution in [2.45, 2.75) is 53.4 Å². The molecule has 0 spiro atoms. The third-order valence-corrected chi connectivity index (χ3v) is 8.58. The van der Waals surface area contributed by atoms with Crippen molar-refractivity contribution >= 4 is 40.6 Å². The van der Waals surface area contributed by atoms with Gasteiger partial charge in [-0.1, -0.05) is 29.8 Å². The zero-order valence-electron chi connectivity index (χ0n) is 23.2. The van der Waals surface area contributed by atoms with Crippen LogP contribution in [0.25, 0.3) is 11.1 Å². The number of hydrogen-bond donors (Lipinski definition) is 2. The number of hydrogen-bond acceptors (Lipinski definition) is 4. The van der Waals surface area contributed by atoms with Gasteiger partial charge in [-0.3, -0.25) is 9.59 Å². The molecule has 1 aliphatic rings. The molecule has 4 aromatic rings. The Labute approximate surface area is 239 Å². The molecule has 2 N–H and O–H groups in total. The van der Waals surface area contributed by atoms with Gasteiger partial charge in [0.15, 0.2) is 0 Å². The van der Waals surface area contributed by atoms with E-state index >= 15 is 0 Å².